The third kappa shape index (κ3) is 5.15. The molecule has 7 heteroatoms. The molecule has 0 radical (unpaired) electrons. The highest BCUT2D eigenvalue weighted by molar-refractivity contribution is 7.90. The van der Waals surface area contributed by atoms with Crippen molar-refractivity contribution in [3.05, 3.63) is 59.7 Å². The van der Waals surface area contributed by atoms with Crippen LogP contribution >= 0.6 is 0 Å². The number of nitrogens with one attached hydrogen (secondary N) is 1. The van der Waals surface area contributed by atoms with Gasteiger partial charge in [-0.25, -0.2) is 13.2 Å². The summed E-state index contributed by atoms with van der Waals surface area (Å²) >= 11 is 0. The number of ether oxygens (including phenoxy) is 1. The van der Waals surface area contributed by atoms with Crippen LogP contribution in [0.3, 0.4) is 0 Å². The minimum atomic E-state index is -3.34. The maximum absolute atomic E-state index is 12.1. The number of hydrogen-bond donors (Lipinski definition) is 1. The Kier molecular flexibility index (Phi) is 5.58. The van der Waals surface area contributed by atoms with Gasteiger partial charge in [0.1, 0.15) is 0 Å². The Morgan fingerprint density at radius 2 is 1.56 bits per heavy atom. The van der Waals surface area contributed by atoms with Crippen LogP contribution in [0.1, 0.15) is 22.8 Å². The van der Waals surface area contributed by atoms with Crippen LogP contribution < -0.4 is 5.32 Å². The number of rotatable bonds is 5. The van der Waals surface area contributed by atoms with E-state index in [1.165, 1.54) is 31.2 Å². The number of hydrogen-bond acceptors (Lipinski definition) is 5. The van der Waals surface area contributed by atoms with E-state index in [1.807, 2.05) is 19.1 Å². The van der Waals surface area contributed by atoms with Crippen LogP contribution in [0.4, 0.5) is 5.69 Å². The highest BCUT2D eigenvalue weighted by Crippen LogP contribution is 2.13. The van der Waals surface area contributed by atoms with Gasteiger partial charge in [-0.3, -0.25) is 4.79 Å². The van der Waals surface area contributed by atoms with Gasteiger partial charge in [-0.15, -0.1) is 0 Å². The summed E-state index contributed by atoms with van der Waals surface area (Å²) < 4.78 is 27.9. The Hall–Kier alpha value is -2.67. The van der Waals surface area contributed by atoms with Crippen molar-refractivity contribution in [3.8, 4) is 0 Å². The molecule has 0 heterocycles. The van der Waals surface area contributed by atoms with E-state index < -0.39 is 27.8 Å². The number of aryl methyl sites for hydroxylation is 1. The molecule has 0 spiro atoms. The lowest BCUT2D eigenvalue weighted by Crippen LogP contribution is -2.30. The number of benzene rings is 2. The summed E-state index contributed by atoms with van der Waals surface area (Å²) in [6, 6.07) is 12.6. The van der Waals surface area contributed by atoms with Gasteiger partial charge < -0.3 is 10.1 Å². The van der Waals surface area contributed by atoms with E-state index in [-0.39, 0.29) is 10.5 Å². The first-order valence-electron chi connectivity index (χ1n) is 7.55. The third-order valence-corrected chi connectivity index (χ3v) is 4.62. The van der Waals surface area contributed by atoms with E-state index in [2.05, 4.69) is 5.32 Å². The van der Waals surface area contributed by atoms with Gasteiger partial charge in [0.25, 0.3) is 5.91 Å². The average Bonchev–Trinajstić information content (AvgIpc) is 2.56. The number of amides is 1. The van der Waals surface area contributed by atoms with E-state index in [0.717, 1.165) is 11.8 Å². The summed E-state index contributed by atoms with van der Waals surface area (Å²) in [6.45, 7) is 3.40. The van der Waals surface area contributed by atoms with Gasteiger partial charge in [0.05, 0.1) is 10.5 Å². The van der Waals surface area contributed by atoms with Crippen molar-refractivity contribution < 1.29 is 22.7 Å². The number of carbonyl (C=O) groups is 2. The summed E-state index contributed by atoms with van der Waals surface area (Å²) in [5.74, 6) is -1.16. The number of esters is 1. The molecular formula is C18H19NO5S. The first kappa shape index (κ1) is 18.7. The second-order valence-corrected chi connectivity index (χ2v) is 7.72. The van der Waals surface area contributed by atoms with Gasteiger partial charge in [-0.1, -0.05) is 17.7 Å². The van der Waals surface area contributed by atoms with Crippen molar-refractivity contribution in [2.75, 3.05) is 11.6 Å². The molecular weight excluding hydrogens is 342 g/mol. The normalized spacial score (nSPS) is 12.3. The molecule has 0 saturated heterocycles. The molecule has 0 aromatic heterocycles. The molecule has 6 nitrogen and oxygen atoms in total. The molecule has 0 aliphatic heterocycles. The predicted octanol–water partition coefficient (Wildman–Crippen LogP) is 2.58. The van der Waals surface area contributed by atoms with E-state index in [9.17, 15) is 18.0 Å². The van der Waals surface area contributed by atoms with E-state index >= 15 is 0 Å². The van der Waals surface area contributed by atoms with Crippen molar-refractivity contribution in [1.29, 1.82) is 0 Å². The Morgan fingerprint density at radius 1 is 1.00 bits per heavy atom. The monoisotopic (exact) mass is 361 g/mol. The molecule has 1 atom stereocenters. The van der Waals surface area contributed by atoms with Gasteiger partial charge in [0.15, 0.2) is 15.9 Å². The summed E-state index contributed by atoms with van der Waals surface area (Å²) in [4.78, 5) is 24.3. The average molecular weight is 361 g/mol. The molecule has 25 heavy (non-hydrogen) atoms. The van der Waals surface area contributed by atoms with Gasteiger partial charge in [-0.2, -0.15) is 0 Å². The molecule has 2 aromatic rings. The minimum Gasteiger partial charge on any atom is -0.449 e. The van der Waals surface area contributed by atoms with Crippen molar-refractivity contribution in [2.45, 2.75) is 24.8 Å². The van der Waals surface area contributed by atoms with Gasteiger partial charge >= 0.3 is 5.97 Å². The zero-order valence-corrected chi connectivity index (χ0v) is 15.0. The van der Waals surface area contributed by atoms with E-state index in [0.29, 0.717) is 5.69 Å². The van der Waals surface area contributed by atoms with Crippen LogP contribution in [0.5, 0.6) is 0 Å². The van der Waals surface area contributed by atoms with Crippen molar-refractivity contribution in [2.24, 2.45) is 0 Å². The smallest absolute Gasteiger partial charge is 0.338 e. The van der Waals surface area contributed by atoms with Crippen molar-refractivity contribution in [1.82, 2.24) is 0 Å². The fourth-order valence-electron chi connectivity index (χ4n) is 2.00. The second kappa shape index (κ2) is 7.48. The van der Waals surface area contributed by atoms with E-state index in [4.69, 9.17) is 4.74 Å². The SMILES string of the molecule is Cc1ccc(NC(=O)[C@@H](C)OC(=O)c2ccc(S(C)(=O)=O)cc2)cc1. The van der Waals surface area contributed by atoms with Crippen molar-refractivity contribution >= 4 is 27.4 Å². The molecule has 0 bridgehead atoms. The highest BCUT2D eigenvalue weighted by atomic mass is 32.2. The minimum absolute atomic E-state index is 0.106. The maximum Gasteiger partial charge on any atom is 0.338 e. The van der Waals surface area contributed by atoms with Crippen LogP contribution in [0, 0.1) is 6.92 Å². The van der Waals surface area contributed by atoms with Crippen molar-refractivity contribution in [3.63, 3.8) is 0 Å². The largest absolute Gasteiger partial charge is 0.449 e. The zero-order chi connectivity index (χ0) is 18.6. The first-order valence-corrected chi connectivity index (χ1v) is 9.44. The third-order valence-electron chi connectivity index (χ3n) is 3.49. The van der Waals surface area contributed by atoms with Crippen LogP contribution in [0.25, 0.3) is 0 Å². The number of sulfone groups is 1. The molecule has 0 aliphatic rings. The highest BCUT2D eigenvalue weighted by Gasteiger charge is 2.19. The fourth-order valence-corrected chi connectivity index (χ4v) is 2.63. The quantitative estimate of drug-likeness (QED) is 0.827. The first-order chi connectivity index (χ1) is 11.7. The lowest BCUT2D eigenvalue weighted by molar-refractivity contribution is -0.123. The zero-order valence-electron chi connectivity index (χ0n) is 14.1. The topological polar surface area (TPSA) is 89.5 Å². The molecule has 0 fully saturated rings. The maximum atomic E-state index is 12.1. The standard InChI is InChI=1S/C18H19NO5S/c1-12-4-8-15(9-5-12)19-17(20)13(2)24-18(21)14-6-10-16(11-7-14)25(3,22)23/h4-11,13H,1-3H3,(H,19,20)/t13-/m1/s1. The number of anilines is 1. The molecule has 1 N–H and O–H groups in total. The molecule has 0 aliphatic carbocycles. The Morgan fingerprint density at radius 3 is 2.08 bits per heavy atom. The Labute approximate surface area is 146 Å². The second-order valence-electron chi connectivity index (χ2n) is 5.70. The Balaban J connectivity index is 1.99. The summed E-state index contributed by atoms with van der Waals surface area (Å²) in [5.41, 5.74) is 1.84. The Bertz CT molecular complexity index is 871. The fraction of sp³-hybridized carbons (Fsp3) is 0.222. The number of carbonyl (C=O) groups excluding carboxylic acids is 2. The molecule has 0 unspecified atom stereocenters. The van der Waals surface area contributed by atoms with Crippen LogP contribution in [0.2, 0.25) is 0 Å². The summed E-state index contributed by atoms with van der Waals surface area (Å²) in [5, 5.41) is 2.66. The molecule has 1 amide bonds. The molecule has 2 aromatic carbocycles. The van der Waals surface area contributed by atoms with Crippen LogP contribution in [-0.4, -0.2) is 32.7 Å². The van der Waals surface area contributed by atoms with Gasteiger partial charge in [0.2, 0.25) is 0 Å². The van der Waals surface area contributed by atoms with E-state index in [1.54, 1.807) is 12.1 Å². The molecule has 132 valence electrons. The van der Waals surface area contributed by atoms with Gasteiger partial charge in [-0.05, 0) is 50.2 Å². The summed E-state index contributed by atoms with van der Waals surface area (Å²) in [6.07, 6.45) is 0.0843. The predicted molar refractivity (Wildman–Crippen MR) is 94.2 cm³/mol. The molecule has 2 rings (SSSR count). The van der Waals surface area contributed by atoms with Gasteiger partial charge in [0, 0.05) is 11.9 Å². The lowest BCUT2D eigenvalue weighted by atomic mass is 10.2. The molecule has 0 saturated carbocycles. The van der Waals surface area contributed by atoms with Crippen LogP contribution in [-0.2, 0) is 19.4 Å². The summed E-state index contributed by atoms with van der Waals surface area (Å²) in [7, 11) is -3.34. The van der Waals surface area contributed by atoms with Crippen LogP contribution in [0.15, 0.2) is 53.4 Å². The lowest BCUT2D eigenvalue weighted by Gasteiger charge is -2.14.